The van der Waals surface area contributed by atoms with Crippen molar-refractivity contribution in [3.05, 3.63) is 0 Å². The van der Waals surface area contributed by atoms with Gasteiger partial charge >= 0.3 is 5.97 Å². The number of ketones is 3. The fourth-order valence-electron chi connectivity index (χ4n) is 5.07. The average Bonchev–Trinajstić information content (AvgIpc) is 2.75. The van der Waals surface area contributed by atoms with Gasteiger partial charge in [0.1, 0.15) is 11.8 Å². The van der Waals surface area contributed by atoms with Crippen LogP contribution in [0, 0.1) is 17.3 Å². The molecule has 0 amide bonds. The minimum absolute atomic E-state index is 0.0494. The van der Waals surface area contributed by atoms with E-state index in [0.717, 1.165) is 12.8 Å². The number of ether oxygens (including phenoxy) is 1. The van der Waals surface area contributed by atoms with Crippen LogP contribution in [0.3, 0.4) is 0 Å². The number of rotatable bonds is 18. The number of methoxy groups -OCH3 is 1. The molecule has 33 heavy (non-hydrogen) atoms. The molecule has 0 aliphatic heterocycles. The lowest BCUT2D eigenvalue weighted by Gasteiger charge is -2.37. The Morgan fingerprint density at radius 1 is 0.788 bits per heavy atom. The Kier molecular flexibility index (Phi) is 14.5. The second kappa shape index (κ2) is 16.2. The van der Waals surface area contributed by atoms with Crippen molar-refractivity contribution >= 4 is 23.3 Å². The van der Waals surface area contributed by atoms with Gasteiger partial charge in [-0.2, -0.15) is 0 Å². The van der Waals surface area contributed by atoms with Crippen molar-refractivity contribution in [2.24, 2.45) is 17.3 Å². The Morgan fingerprint density at radius 2 is 1.21 bits per heavy atom. The van der Waals surface area contributed by atoms with Crippen molar-refractivity contribution in [1.82, 2.24) is 0 Å². The van der Waals surface area contributed by atoms with Gasteiger partial charge in [-0.3, -0.25) is 19.2 Å². The molecule has 190 valence electrons. The SMILES string of the molecule is CCCCCCCCCCCCCCCCCC(=O)C1C(=O)CC(C)(C)C(C(=O)OC)C1=O. The Hall–Kier alpha value is -1.52. The third-order valence-corrected chi connectivity index (χ3v) is 7.09. The van der Waals surface area contributed by atoms with E-state index in [-0.39, 0.29) is 24.4 Å². The zero-order valence-electron chi connectivity index (χ0n) is 21.7. The number of carbonyl (C=O) groups is 4. The highest BCUT2D eigenvalue weighted by molar-refractivity contribution is 6.25. The van der Waals surface area contributed by atoms with Crippen LogP contribution in [0.1, 0.15) is 130 Å². The summed E-state index contributed by atoms with van der Waals surface area (Å²) in [6.45, 7) is 5.67. The van der Waals surface area contributed by atoms with Crippen LogP contribution in [0.5, 0.6) is 0 Å². The van der Waals surface area contributed by atoms with Gasteiger partial charge in [0.15, 0.2) is 17.3 Å². The largest absolute Gasteiger partial charge is 0.468 e. The summed E-state index contributed by atoms with van der Waals surface area (Å²) < 4.78 is 4.77. The molecule has 0 aromatic carbocycles. The van der Waals surface area contributed by atoms with Crippen molar-refractivity contribution in [3.63, 3.8) is 0 Å². The Bertz CT molecular complexity index is 622. The predicted octanol–water partition coefficient (Wildman–Crippen LogP) is 6.79. The molecule has 1 saturated carbocycles. The van der Waals surface area contributed by atoms with E-state index in [1.54, 1.807) is 13.8 Å². The number of hydrogen-bond donors (Lipinski definition) is 0. The fourth-order valence-corrected chi connectivity index (χ4v) is 5.07. The third kappa shape index (κ3) is 10.5. The van der Waals surface area contributed by atoms with Crippen LogP contribution in [0.2, 0.25) is 0 Å². The van der Waals surface area contributed by atoms with Crippen molar-refractivity contribution in [1.29, 1.82) is 0 Å². The van der Waals surface area contributed by atoms with Crippen LogP contribution < -0.4 is 0 Å². The van der Waals surface area contributed by atoms with Crippen LogP contribution in [-0.2, 0) is 23.9 Å². The molecule has 0 aromatic rings. The quantitative estimate of drug-likeness (QED) is 0.127. The average molecular weight is 465 g/mol. The molecule has 1 aliphatic carbocycles. The van der Waals surface area contributed by atoms with Crippen molar-refractivity contribution in [3.8, 4) is 0 Å². The molecule has 2 atom stereocenters. The molecule has 5 nitrogen and oxygen atoms in total. The first kappa shape index (κ1) is 29.5. The Balaban J connectivity index is 2.15. The number of carbonyl (C=O) groups excluding carboxylic acids is 4. The van der Waals surface area contributed by atoms with E-state index in [9.17, 15) is 19.2 Å². The number of hydrogen-bond acceptors (Lipinski definition) is 5. The highest BCUT2D eigenvalue weighted by Crippen LogP contribution is 2.40. The van der Waals surface area contributed by atoms with Crippen molar-refractivity contribution in [2.45, 2.75) is 130 Å². The first-order valence-corrected chi connectivity index (χ1v) is 13.4. The van der Waals surface area contributed by atoms with Crippen molar-refractivity contribution < 1.29 is 23.9 Å². The van der Waals surface area contributed by atoms with E-state index in [0.29, 0.717) is 6.42 Å². The summed E-state index contributed by atoms with van der Waals surface area (Å²) in [4.78, 5) is 50.0. The molecule has 0 saturated heterocycles. The molecule has 5 heteroatoms. The van der Waals surface area contributed by atoms with Gasteiger partial charge in [-0.25, -0.2) is 0 Å². The molecular formula is C28H48O5. The van der Waals surface area contributed by atoms with Crippen LogP contribution in [0.25, 0.3) is 0 Å². The molecular weight excluding hydrogens is 416 g/mol. The van der Waals surface area contributed by atoms with E-state index in [1.807, 2.05) is 0 Å². The molecule has 0 spiro atoms. The van der Waals surface area contributed by atoms with E-state index in [4.69, 9.17) is 4.74 Å². The number of Topliss-reactive ketones (excluding diaryl/α,β-unsaturated/α-hetero) is 3. The third-order valence-electron chi connectivity index (χ3n) is 7.09. The zero-order chi connectivity index (χ0) is 24.7. The summed E-state index contributed by atoms with van der Waals surface area (Å²) in [5.74, 6) is -4.24. The molecule has 1 fully saturated rings. The van der Waals surface area contributed by atoms with E-state index in [1.165, 1.54) is 84.2 Å². The van der Waals surface area contributed by atoms with Gasteiger partial charge in [-0.05, 0) is 11.8 Å². The minimum Gasteiger partial charge on any atom is -0.468 e. The van der Waals surface area contributed by atoms with E-state index in [2.05, 4.69) is 6.92 Å². The second-order valence-corrected chi connectivity index (χ2v) is 10.6. The lowest BCUT2D eigenvalue weighted by atomic mass is 9.63. The number of esters is 1. The maximum atomic E-state index is 12.8. The van der Waals surface area contributed by atoms with Gasteiger partial charge < -0.3 is 4.74 Å². The maximum absolute atomic E-state index is 12.8. The monoisotopic (exact) mass is 464 g/mol. The van der Waals surface area contributed by atoms with Crippen LogP contribution in [-0.4, -0.2) is 30.4 Å². The highest BCUT2D eigenvalue weighted by Gasteiger charge is 2.53. The molecule has 0 bridgehead atoms. The van der Waals surface area contributed by atoms with E-state index >= 15 is 0 Å². The van der Waals surface area contributed by atoms with Gasteiger partial charge in [-0.1, -0.05) is 111 Å². The van der Waals surface area contributed by atoms with E-state index < -0.39 is 29.0 Å². The van der Waals surface area contributed by atoms with Gasteiger partial charge in [0.2, 0.25) is 0 Å². The van der Waals surface area contributed by atoms with Crippen molar-refractivity contribution in [2.75, 3.05) is 7.11 Å². The first-order chi connectivity index (χ1) is 15.8. The summed E-state index contributed by atoms with van der Waals surface area (Å²) in [5.41, 5.74) is -0.813. The second-order valence-electron chi connectivity index (χ2n) is 10.6. The topological polar surface area (TPSA) is 77.5 Å². The summed E-state index contributed by atoms with van der Waals surface area (Å²) in [6.07, 6.45) is 18.9. The smallest absolute Gasteiger partial charge is 0.316 e. The molecule has 0 aromatic heterocycles. The maximum Gasteiger partial charge on any atom is 0.316 e. The highest BCUT2D eigenvalue weighted by atomic mass is 16.5. The summed E-state index contributed by atoms with van der Waals surface area (Å²) in [7, 11) is 1.23. The molecule has 0 radical (unpaired) electrons. The Labute approximate surface area is 201 Å². The van der Waals surface area contributed by atoms with Crippen LogP contribution in [0.15, 0.2) is 0 Å². The summed E-state index contributed by atoms with van der Waals surface area (Å²) in [6, 6.07) is 0. The van der Waals surface area contributed by atoms with Crippen LogP contribution in [0.4, 0.5) is 0 Å². The standard InChI is InChI=1S/C28H48O5/c1-5-6-7-8-9-10-11-12-13-14-15-16-17-18-19-20-22(29)24-23(30)21-28(2,3)25(26(24)31)27(32)33-4/h24-25H,5-21H2,1-4H3. The molecule has 1 rings (SSSR count). The lowest BCUT2D eigenvalue weighted by Crippen LogP contribution is -2.51. The molecule has 0 N–H and O–H groups in total. The van der Waals surface area contributed by atoms with Crippen LogP contribution >= 0.6 is 0 Å². The fraction of sp³-hybridized carbons (Fsp3) is 0.857. The lowest BCUT2D eigenvalue weighted by molar-refractivity contribution is -0.161. The zero-order valence-corrected chi connectivity index (χ0v) is 21.7. The normalized spacial score (nSPS) is 20.1. The molecule has 1 aliphatic rings. The number of unbranched alkanes of at least 4 members (excludes halogenated alkanes) is 14. The predicted molar refractivity (Wildman–Crippen MR) is 132 cm³/mol. The first-order valence-electron chi connectivity index (χ1n) is 13.4. The Morgan fingerprint density at radius 3 is 1.64 bits per heavy atom. The van der Waals surface area contributed by atoms with Gasteiger partial charge in [0.05, 0.1) is 7.11 Å². The molecule has 0 heterocycles. The summed E-state index contributed by atoms with van der Waals surface area (Å²) in [5, 5.41) is 0. The molecule has 2 unspecified atom stereocenters. The summed E-state index contributed by atoms with van der Waals surface area (Å²) >= 11 is 0. The minimum atomic E-state index is -1.28. The van der Waals surface area contributed by atoms with Gasteiger partial charge in [0, 0.05) is 12.8 Å². The van der Waals surface area contributed by atoms with Gasteiger partial charge in [-0.15, -0.1) is 0 Å². The van der Waals surface area contributed by atoms with Gasteiger partial charge in [0.25, 0.3) is 0 Å².